The van der Waals surface area contributed by atoms with Gasteiger partial charge in [0.2, 0.25) is 0 Å². The third kappa shape index (κ3) is 3.99. The Balaban J connectivity index is 1.11. The molecule has 0 fully saturated rings. The summed E-state index contributed by atoms with van der Waals surface area (Å²) in [6, 6.07) is 87.2. The first kappa shape index (κ1) is 34.4. The first-order valence-electron chi connectivity index (χ1n) is 22.4. The topological polar surface area (TPSA) is 9.86 Å². The van der Waals surface area contributed by atoms with E-state index in [4.69, 9.17) is 0 Å². The van der Waals surface area contributed by atoms with Crippen LogP contribution in [0.25, 0.3) is 77.2 Å². The third-order valence-electron chi connectivity index (χ3n) is 15.2. The largest absolute Gasteiger partial charge is 0.309 e. The molecular weight excluding hydrogens is 773 g/mol. The highest BCUT2D eigenvalue weighted by Crippen LogP contribution is 2.67. The lowest BCUT2D eigenvalue weighted by atomic mass is 9.52. The molecule has 0 saturated heterocycles. The van der Waals surface area contributed by atoms with Gasteiger partial charge in [-0.3, -0.25) is 0 Å². The lowest BCUT2D eigenvalue weighted by Gasteiger charge is -2.49. The summed E-state index contributed by atoms with van der Waals surface area (Å²) in [4.78, 5) is 0. The molecule has 0 atom stereocenters. The summed E-state index contributed by atoms with van der Waals surface area (Å²) in [7, 11) is 0. The Labute approximate surface area is 370 Å². The van der Waals surface area contributed by atoms with Crippen LogP contribution in [0.2, 0.25) is 0 Å². The molecule has 0 amide bonds. The molecule has 0 aliphatic heterocycles. The van der Waals surface area contributed by atoms with Gasteiger partial charge in [0.05, 0.1) is 32.9 Å². The second-order valence-electron chi connectivity index (χ2n) is 17.9. The van der Waals surface area contributed by atoms with Crippen molar-refractivity contribution in [1.29, 1.82) is 0 Å². The van der Waals surface area contributed by atoms with Gasteiger partial charge in [0.15, 0.2) is 0 Å². The minimum atomic E-state index is -0.567. The van der Waals surface area contributed by atoms with Crippen molar-refractivity contribution in [2.75, 3.05) is 0 Å². The third-order valence-corrected chi connectivity index (χ3v) is 15.2. The van der Waals surface area contributed by atoms with E-state index in [0.29, 0.717) is 0 Å². The fourth-order valence-electron chi connectivity index (χ4n) is 12.9. The van der Waals surface area contributed by atoms with E-state index >= 15 is 0 Å². The molecular formula is C62H38N2. The molecule has 0 bridgehead atoms. The molecule has 0 unspecified atom stereocenters. The first-order valence-corrected chi connectivity index (χ1v) is 22.4. The average molecular weight is 811 g/mol. The zero-order valence-electron chi connectivity index (χ0n) is 34.8. The minimum Gasteiger partial charge on any atom is -0.309 e. The van der Waals surface area contributed by atoms with Crippen molar-refractivity contribution in [3.8, 4) is 33.6 Å². The van der Waals surface area contributed by atoms with Gasteiger partial charge in [-0.2, -0.15) is 0 Å². The number of hydrogen-bond acceptors (Lipinski definition) is 0. The smallest absolute Gasteiger partial charge is 0.0720 e. The van der Waals surface area contributed by atoms with E-state index in [-0.39, 0.29) is 0 Å². The normalized spacial score (nSPS) is 14.5. The number of nitrogens with zero attached hydrogens (tertiary/aromatic N) is 2. The molecule has 2 heterocycles. The first-order chi connectivity index (χ1) is 31.8. The molecule has 0 radical (unpaired) electrons. The molecule has 12 aromatic rings. The van der Waals surface area contributed by atoms with Crippen molar-refractivity contribution in [2.24, 2.45) is 0 Å². The number of para-hydroxylation sites is 3. The van der Waals surface area contributed by atoms with E-state index in [1.165, 1.54) is 110 Å². The Kier molecular flexibility index (Phi) is 6.58. The predicted octanol–water partition coefficient (Wildman–Crippen LogP) is 14.9. The van der Waals surface area contributed by atoms with E-state index in [1.54, 1.807) is 0 Å². The molecule has 3 aliphatic rings. The van der Waals surface area contributed by atoms with Crippen LogP contribution >= 0.6 is 0 Å². The molecule has 10 aromatic carbocycles. The second kappa shape index (κ2) is 12.2. The van der Waals surface area contributed by atoms with Crippen LogP contribution in [0.1, 0.15) is 44.5 Å². The van der Waals surface area contributed by atoms with Gasteiger partial charge >= 0.3 is 0 Å². The van der Waals surface area contributed by atoms with Crippen LogP contribution in [-0.2, 0) is 10.8 Å². The van der Waals surface area contributed by atoms with Crippen LogP contribution in [0, 0.1) is 0 Å². The molecule has 0 N–H and O–H groups in total. The molecule has 2 heteroatoms. The number of benzene rings is 10. The maximum Gasteiger partial charge on any atom is 0.0720 e. The van der Waals surface area contributed by atoms with Crippen molar-refractivity contribution < 1.29 is 0 Å². The van der Waals surface area contributed by atoms with Gasteiger partial charge in [-0.15, -0.1) is 0 Å². The average Bonchev–Trinajstić information content (AvgIpc) is 4.06. The van der Waals surface area contributed by atoms with Gasteiger partial charge in [-0.1, -0.05) is 182 Å². The Hall–Kier alpha value is -8.20. The highest BCUT2D eigenvalue weighted by atomic mass is 15.0. The molecule has 2 spiro atoms. The van der Waals surface area contributed by atoms with E-state index < -0.39 is 10.8 Å². The molecule has 2 nitrogen and oxygen atoms in total. The highest BCUT2D eigenvalue weighted by Gasteiger charge is 2.59. The Morgan fingerprint density at radius 3 is 1.06 bits per heavy atom. The SMILES string of the molecule is c1ccc(-n2c3ccccc3c3cc4c(cc32)c2ccccc2n4-c2ccc3c(c2)C2(c4ccccc4-c4ccccc42)c2ccccc2C32c3ccccc3-c3ccccc32)cc1. The lowest BCUT2D eigenvalue weighted by Crippen LogP contribution is -2.43. The maximum absolute atomic E-state index is 2.58. The monoisotopic (exact) mass is 810 g/mol. The molecule has 296 valence electrons. The zero-order valence-corrected chi connectivity index (χ0v) is 34.8. The van der Waals surface area contributed by atoms with Gasteiger partial charge in [-0.25, -0.2) is 0 Å². The van der Waals surface area contributed by atoms with Gasteiger partial charge in [0.1, 0.15) is 0 Å². The van der Waals surface area contributed by atoms with Crippen LogP contribution in [0.5, 0.6) is 0 Å². The number of fused-ring (bicyclic) bond motifs is 22. The van der Waals surface area contributed by atoms with Gasteiger partial charge < -0.3 is 9.13 Å². The van der Waals surface area contributed by atoms with Gasteiger partial charge in [0.25, 0.3) is 0 Å². The number of hydrogen-bond donors (Lipinski definition) is 0. The van der Waals surface area contributed by atoms with Crippen molar-refractivity contribution in [3.63, 3.8) is 0 Å². The minimum absolute atomic E-state index is 0.526. The second-order valence-corrected chi connectivity index (χ2v) is 17.9. The molecule has 0 saturated carbocycles. The predicted molar refractivity (Wildman–Crippen MR) is 263 cm³/mol. The summed E-state index contributed by atoms with van der Waals surface area (Å²) in [5, 5.41) is 4.98. The van der Waals surface area contributed by atoms with Crippen molar-refractivity contribution in [2.45, 2.75) is 10.8 Å². The van der Waals surface area contributed by atoms with Crippen LogP contribution in [-0.4, -0.2) is 9.13 Å². The summed E-state index contributed by atoms with van der Waals surface area (Å²) in [5.74, 6) is 0. The van der Waals surface area contributed by atoms with Gasteiger partial charge in [0, 0.05) is 32.9 Å². The standard InChI is InChI=1S/C62H38N2/c1-2-18-39(19-3-1)63-57-32-16-8-24-45(57)47-38-60-48(37-59(47)63)46-25-9-17-33-58(46)64(60)40-34-35-55-56(36-40)62(51-28-12-6-22-43(51)44-23-7-13-29-52(44)62)54-31-15-14-30-53(54)61(55)49-26-10-4-20-41(49)42-21-5-11-27-50(42)61/h1-38H. The fourth-order valence-corrected chi connectivity index (χ4v) is 12.9. The van der Waals surface area contributed by atoms with E-state index in [9.17, 15) is 0 Å². The summed E-state index contributed by atoms with van der Waals surface area (Å²) in [5.41, 5.74) is 22.0. The van der Waals surface area contributed by atoms with Crippen molar-refractivity contribution in [1.82, 2.24) is 9.13 Å². The zero-order chi connectivity index (χ0) is 41.7. The summed E-state index contributed by atoms with van der Waals surface area (Å²) in [6.45, 7) is 0. The van der Waals surface area contributed by atoms with E-state index in [2.05, 4.69) is 240 Å². The summed E-state index contributed by atoms with van der Waals surface area (Å²) in [6.07, 6.45) is 0. The fraction of sp³-hybridized carbons (Fsp3) is 0.0323. The Morgan fingerprint density at radius 1 is 0.219 bits per heavy atom. The summed E-state index contributed by atoms with van der Waals surface area (Å²) < 4.78 is 4.98. The molecule has 15 rings (SSSR count). The molecule has 3 aliphatic carbocycles. The van der Waals surface area contributed by atoms with E-state index in [0.717, 1.165) is 11.4 Å². The number of aromatic nitrogens is 2. The highest BCUT2D eigenvalue weighted by molar-refractivity contribution is 6.19. The van der Waals surface area contributed by atoms with Crippen molar-refractivity contribution in [3.05, 3.63) is 275 Å². The van der Waals surface area contributed by atoms with Crippen LogP contribution in [0.4, 0.5) is 0 Å². The lowest BCUT2D eigenvalue weighted by molar-refractivity contribution is 0.632. The van der Waals surface area contributed by atoms with Crippen molar-refractivity contribution >= 4 is 43.6 Å². The summed E-state index contributed by atoms with van der Waals surface area (Å²) >= 11 is 0. The Morgan fingerprint density at radius 2 is 0.578 bits per heavy atom. The molecule has 64 heavy (non-hydrogen) atoms. The van der Waals surface area contributed by atoms with Gasteiger partial charge in [-0.05, 0) is 115 Å². The van der Waals surface area contributed by atoms with Crippen LogP contribution < -0.4 is 0 Å². The molecule has 2 aromatic heterocycles. The maximum atomic E-state index is 2.58. The number of rotatable bonds is 2. The Bertz CT molecular complexity index is 3880. The van der Waals surface area contributed by atoms with Crippen LogP contribution in [0.3, 0.4) is 0 Å². The quantitative estimate of drug-likeness (QED) is 0.165. The van der Waals surface area contributed by atoms with E-state index in [1.807, 2.05) is 0 Å². The van der Waals surface area contributed by atoms with Crippen LogP contribution in [0.15, 0.2) is 231 Å².